The van der Waals surface area contributed by atoms with E-state index in [1.165, 1.54) is 0 Å². The van der Waals surface area contributed by atoms with Gasteiger partial charge in [-0.05, 0) is 24.5 Å². The third-order valence-corrected chi connectivity index (χ3v) is 3.55. The second-order valence-corrected chi connectivity index (χ2v) is 5.44. The molecule has 122 valence electrons. The van der Waals surface area contributed by atoms with E-state index in [1.54, 1.807) is 19.3 Å². The molecule has 1 atom stereocenters. The maximum Gasteiger partial charge on any atom is 0.191 e. The Hall–Kier alpha value is -1.37. The molecule has 0 amide bonds. The Morgan fingerprint density at radius 2 is 2.41 bits per heavy atom. The first-order valence-corrected chi connectivity index (χ1v) is 7.90. The van der Waals surface area contributed by atoms with Gasteiger partial charge in [0.1, 0.15) is 5.15 Å². The van der Waals surface area contributed by atoms with Gasteiger partial charge in [0.15, 0.2) is 5.96 Å². The van der Waals surface area contributed by atoms with Gasteiger partial charge >= 0.3 is 0 Å². The number of nitrogens with one attached hydrogen (secondary N) is 2. The van der Waals surface area contributed by atoms with Crippen LogP contribution in [0.4, 0.5) is 0 Å². The van der Waals surface area contributed by atoms with E-state index in [9.17, 15) is 0 Å². The maximum absolute atomic E-state index is 5.76. The Morgan fingerprint density at radius 3 is 3.09 bits per heavy atom. The van der Waals surface area contributed by atoms with Crippen LogP contribution in [0, 0.1) is 0 Å². The highest BCUT2D eigenvalue weighted by Crippen LogP contribution is 2.08. The van der Waals surface area contributed by atoms with Gasteiger partial charge in [-0.1, -0.05) is 17.7 Å². The Kier molecular flexibility index (Phi) is 7.42. The number of nitrogens with zero attached hydrogens (tertiary/aromatic N) is 2. The van der Waals surface area contributed by atoms with E-state index in [2.05, 4.69) is 20.6 Å². The summed E-state index contributed by atoms with van der Waals surface area (Å²) in [6.45, 7) is 3.75. The molecule has 1 aliphatic heterocycles. The Morgan fingerprint density at radius 1 is 1.50 bits per heavy atom. The first kappa shape index (κ1) is 17.0. The Balaban J connectivity index is 1.57. The fourth-order valence-corrected chi connectivity index (χ4v) is 2.20. The van der Waals surface area contributed by atoms with Gasteiger partial charge in [-0.15, -0.1) is 0 Å². The molecule has 1 aromatic rings. The predicted octanol–water partition coefficient (Wildman–Crippen LogP) is 1.60. The summed E-state index contributed by atoms with van der Waals surface area (Å²) in [4.78, 5) is 8.23. The van der Waals surface area contributed by atoms with Gasteiger partial charge in [-0.3, -0.25) is 4.99 Å². The normalized spacial score (nSPS) is 18.5. The SMILES string of the molecule is CN=C(NCCCOC1CCOC1)NCc1ccc(Cl)nc1. The van der Waals surface area contributed by atoms with Crippen molar-refractivity contribution in [2.75, 3.05) is 33.4 Å². The van der Waals surface area contributed by atoms with Crippen molar-refractivity contribution in [3.63, 3.8) is 0 Å². The fourth-order valence-electron chi connectivity index (χ4n) is 2.09. The molecule has 22 heavy (non-hydrogen) atoms. The van der Waals surface area contributed by atoms with E-state index < -0.39 is 0 Å². The van der Waals surface area contributed by atoms with Gasteiger partial charge in [-0.25, -0.2) is 4.98 Å². The van der Waals surface area contributed by atoms with Crippen molar-refractivity contribution < 1.29 is 9.47 Å². The number of rotatable bonds is 7. The van der Waals surface area contributed by atoms with Crippen LogP contribution in [-0.2, 0) is 16.0 Å². The summed E-state index contributed by atoms with van der Waals surface area (Å²) >= 11 is 5.76. The van der Waals surface area contributed by atoms with Gasteiger partial charge in [0.2, 0.25) is 0 Å². The van der Waals surface area contributed by atoms with Gasteiger partial charge in [0, 0.05) is 39.5 Å². The second kappa shape index (κ2) is 9.61. The zero-order valence-electron chi connectivity index (χ0n) is 12.8. The molecular formula is C15H23ClN4O2. The van der Waals surface area contributed by atoms with Crippen LogP contribution < -0.4 is 10.6 Å². The molecule has 1 fully saturated rings. The molecule has 2 rings (SSSR count). The van der Waals surface area contributed by atoms with Crippen molar-refractivity contribution in [3.8, 4) is 0 Å². The minimum absolute atomic E-state index is 0.273. The minimum Gasteiger partial charge on any atom is -0.379 e. The summed E-state index contributed by atoms with van der Waals surface area (Å²) in [7, 11) is 1.75. The van der Waals surface area contributed by atoms with E-state index >= 15 is 0 Å². The summed E-state index contributed by atoms with van der Waals surface area (Å²) < 4.78 is 11.0. The molecule has 2 heterocycles. The van der Waals surface area contributed by atoms with Crippen LogP contribution in [0.15, 0.2) is 23.3 Å². The lowest BCUT2D eigenvalue weighted by atomic mass is 10.3. The minimum atomic E-state index is 0.273. The number of guanidine groups is 1. The van der Waals surface area contributed by atoms with E-state index in [0.29, 0.717) is 11.7 Å². The largest absolute Gasteiger partial charge is 0.379 e. The second-order valence-electron chi connectivity index (χ2n) is 5.05. The van der Waals surface area contributed by atoms with Crippen molar-refractivity contribution in [3.05, 3.63) is 29.0 Å². The maximum atomic E-state index is 5.76. The van der Waals surface area contributed by atoms with E-state index in [-0.39, 0.29) is 6.10 Å². The van der Waals surface area contributed by atoms with Crippen molar-refractivity contribution in [1.29, 1.82) is 0 Å². The molecule has 0 aromatic carbocycles. The summed E-state index contributed by atoms with van der Waals surface area (Å²) in [5.74, 6) is 0.763. The summed E-state index contributed by atoms with van der Waals surface area (Å²) in [5.41, 5.74) is 1.05. The van der Waals surface area contributed by atoms with Crippen LogP contribution in [0.25, 0.3) is 0 Å². The molecule has 7 heteroatoms. The molecule has 1 aromatic heterocycles. The average Bonchev–Trinajstić information content (AvgIpc) is 3.05. The Bertz CT molecular complexity index is 461. The van der Waals surface area contributed by atoms with Gasteiger partial charge in [0.05, 0.1) is 12.7 Å². The quantitative estimate of drug-likeness (QED) is 0.345. The van der Waals surface area contributed by atoms with Crippen molar-refractivity contribution >= 4 is 17.6 Å². The fraction of sp³-hybridized carbons (Fsp3) is 0.600. The van der Waals surface area contributed by atoms with Crippen molar-refractivity contribution in [2.24, 2.45) is 4.99 Å². The number of aromatic nitrogens is 1. The van der Waals surface area contributed by atoms with Gasteiger partial charge in [0.25, 0.3) is 0 Å². The van der Waals surface area contributed by atoms with Crippen molar-refractivity contribution in [1.82, 2.24) is 15.6 Å². The molecule has 1 aliphatic rings. The lowest BCUT2D eigenvalue weighted by Gasteiger charge is -2.13. The topological polar surface area (TPSA) is 67.8 Å². The molecule has 6 nitrogen and oxygen atoms in total. The van der Waals surface area contributed by atoms with E-state index in [0.717, 1.165) is 50.7 Å². The van der Waals surface area contributed by atoms with E-state index in [4.69, 9.17) is 21.1 Å². The van der Waals surface area contributed by atoms with E-state index in [1.807, 2.05) is 6.07 Å². The van der Waals surface area contributed by atoms with Crippen molar-refractivity contribution in [2.45, 2.75) is 25.5 Å². The summed E-state index contributed by atoms with van der Waals surface area (Å²) in [6, 6.07) is 3.71. The molecule has 0 saturated carbocycles. The first-order valence-electron chi connectivity index (χ1n) is 7.52. The van der Waals surface area contributed by atoms with Crippen LogP contribution >= 0.6 is 11.6 Å². The van der Waals surface area contributed by atoms with Crippen LogP contribution in [0.2, 0.25) is 5.15 Å². The molecule has 0 bridgehead atoms. The zero-order valence-corrected chi connectivity index (χ0v) is 13.6. The third kappa shape index (κ3) is 6.17. The molecule has 0 spiro atoms. The third-order valence-electron chi connectivity index (χ3n) is 3.33. The average molecular weight is 327 g/mol. The summed E-state index contributed by atoms with van der Waals surface area (Å²) in [6.07, 6.45) is 3.96. The lowest BCUT2D eigenvalue weighted by Crippen LogP contribution is -2.37. The van der Waals surface area contributed by atoms with Crippen LogP contribution in [0.1, 0.15) is 18.4 Å². The molecule has 1 saturated heterocycles. The molecule has 0 radical (unpaired) electrons. The zero-order chi connectivity index (χ0) is 15.6. The number of aliphatic imine (C=N–C) groups is 1. The van der Waals surface area contributed by atoms with Crippen LogP contribution in [0.3, 0.4) is 0 Å². The Labute approximate surface area is 136 Å². The molecular weight excluding hydrogens is 304 g/mol. The predicted molar refractivity (Wildman–Crippen MR) is 87.2 cm³/mol. The van der Waals surface area contributed by atoms with Gasteiger partial charge in [-0.2, -0.15) is 0 Å². The van der Waals surface area contributed by atoms with Crippen LogP contribution in [-0.4, -0.2) is 50.5 Å². The molecule has 1 unspecified atom stereocenters. The first-order chi connectivity index (χ1) is 10.8. The number of halogens is 1. The highest BCUT2D eigenvalue weighted by Gasteiger charge is 2.15. The highest BCUT2D eigenvalue weighted by atomic mass is 35.5. The highest BCUT2D eigenvalue weighted by molar-refractivity contribution is 6.29. The number of hydrogen-bond donors (Lipinski definition) is 2. The number of hydrogen-bond acceptors (Lipinski definition) is 4. The molecule has 0 aliphatic carbocycles. The lowest BCUT2D eigenvalue weighted by molar-refractivity contribution is 0.0420. The monoisotopic (exact) mass is 326 g/mol. The van der Waals surface area contributed by atoms with Gasteiger partial charge < -0.3 is 20.1 Å². The number of pyridine rings is 1. The smallest absolute Gasteiger partial charge is 0.191 e. The standard InChI is InChI=1S/C15H23ClN4O2/c1-17-15(20-10-12-3-4-14(16)19-9-12)18-6-2-7-22-13-5-8-21-11-13/h3-4,9,13H,2,5-8,10-11H2,1H3,(H2,17,18,20). The summed E-state index contributed by atoms with van der Waals surface area (Å²) in [5, 5.41) is 6.99. The number of ether oxygens (including phenoxy) is 2. The van der Waals surface area contributed by atoms with Crippen LogP contribution in [0.5, 0.6) is 0 Å². The molecule has 2 N–H and O–H groups in total.